The van der Waals surface area contributed by atoms with Crippen LogP contribution >= 0.6 is 23.4 Å². The van der Waals surface area contributed by atoms with Crippen molar-refractivity contribution in [1.82, 2.24) is 20.2 Å². The van der Waals surface area contributed by atoms with Crippen molar-refractivity contribution in [3.8, 4) is 22.8 Å². The Kier molecular flexibility index (Phi) is 7.30. The van der Waals surface area contributed by atoms with Gasteiger partial charge in [0.1, 0.15) is 5.75 Å². The zero-order valence-electron chi connectivity index (χ0n) is 18.6. The average Bonchev–Trinajstić information content (AvgIpc) is 3.26. The fourth-order valence-corrected chi connectivity index (χ4v) is 4.09. The van der Waals surface area contributed by atoms with Crippen LogP contribution in [0.25, 0.3) is 17.1 Å². The predicted molar refractivity (Wildman–Crippen MR) is 136 cm³/mol. The van der Waals surface area contributed by atoms with Crippen molar-refractivity contribution in [1.29, 1.82) is 0 Å². The molecule has 0 fully saturated rings. The van der Waals surface area contributed by atoms with Crippen LogP contribution in [0.3, 0.4) is 0 Å². The summed E-state index contributed by atoms with van der Waals surface area (Å²) in [5.74, 6) is 0.546. The maximum atomic E-state index is 12.5. The summed E-state index contributed by atoms with van der Waals surface area (Å²) in [6, 6.07) is 22.2. The van der Waals surface area contributed by atoms with Crippen LogP contribution in [0.1, 0.15) is 18.1 Å². The van der Waals surface area contributed by atoms with Crippen molar-refractivity contribution in [2.45, 2.75) is 19.0 Å². The van der Waals surface area contributed by atoms with E-state index < -0.39 is 0 Å². The number of aryl methyl sites for hydroxylation is 1. The number of aromatic hydroxyl groups is 1. The number of carbonyl (C=O) groups excluding carboxylic acids is 1. The Morgan fingerprint density at radius 2 is 1.76 bits per heavy atom. The lowest BCUT2D eigenvalue weighted by atomic mass is 10.1. The Labute approximate surface area is 206 Å². The molecule has 0 saturated heterocycles. The lowest BCUT2D eigenvalue weighted by molar-refractivity contribution is -0.118. The van der Waals surface area contributed by atoms with Gasteiger partial charge in [0.15, 0.2) is 11.0 Å². The van der Waals surface area contributed by atoms with Gasteiger partial charge in [-0.2, -0.15) is 5.10 Å². The molecule has 4 aromatic rings. The van der Waals surface area contributed by atoms with Crippen molar-refractivity contribution < 1.29 is 9.90 Å². The molecule has 0 bridgehead atoms. The van der Waals surface area contributed by atoms with E-state index in [1.54, 1.807) is 43.3 Å². The summed E-state index contributed by atoms with van der Waals surface area (Å²) in [7, 11) is 0. The van der Waals surface area contributed by atoms with Gasteiger partial charge in [0, 0.05) is 21.8 Å². The third kappa shape index (κ3) is 5.47. The molecule has 0 unspecified atom stereocenters. The van der Waals surface area contributed by atoms with Crippen molar-refractivity contribution in [2.24, 2.45) is 5.10 Å². The molecular weight excluding hydrogens is 470 g/mol. The summed E-state index contributed by atoms with van der Waals surface area (Å²) in [6.07, 6.45) is 0. The number of nitrogens with zero attached hydrogens (tertiary/aromatic N) is 4. The molecule has 0 aliphatic rings. The maximum absolute atomic E-state index is 12.5. The number of para-hydroxylation sites is 1. The smallest absolute Gasteiger partial charge is 0.250 e. The summed E-state index contributed by atoms with van der Waals surface area (Å²) in [5.41, 5.74) is 6.48. The van der Waals surface area contributed by atoms with Crippen LogP contribution in [0.4, 0.5) is 0 Å². The fourth-order valence-electron chi connectivity index (χ4n) is 3.22. The van der Waals surface area contributed by atoms with Gasteiger partial charge in [-0.1, -0.05) is 65.3 Å². The lowest BCUT2D eigenvalue weighted by Gasteiger charge is -2.11. The first-order valence-electron chi connectivity index (χ1n) is 10.4. The van der Waals surface area contributed by atoms with E-state index in [-0.39, 0.29) is 17.4 Å². The van der Waals surface area contributed by atoms with Crippen molar-refractivity contribution in [3.63, 3.8) is 0 Å². The number of phenolic OH excluding ortho intramolecular Hbond substituents is 1. The predicted octanol–water partition coefficient (Wildman–Crippen LogP) is 5.23. The Balaban J connectivity index is 1.54. The summed E-state index contributed by atoms with van der Waals surface area (Å²) in [5, 5.41) is 24.0. The minimum atomic E-state index is -0.303. The highest BCUT2D eigenvalue weighted by Crippen LogP contribution is 2.28. The number of rotatable bonds is 7. The molecule has 0 spiro atoms. The number of halogens is 1. The first kappa shape index (κ1) is 23.5. The third-order valence-electron chi connectivity index (χ3n) is 5.00. The second-order valence-corrected chi connectivity index (χ2v) is 8.90. The van der Waals surface area contributed by atoms with E-state index in [1.165, 1.54) is 11.8 Å². The third-order valence-corrected chi connectivity index (χ3v) is 6.18. The maximum Gasteiger partial charge on any atom is 0.250 e. The number of thioether (sulfide) groups is 1. The summed E-state index contributed by atoms with van der Waals surface area (Å²) < 4.78 is 1.90. The highest BCUT2D eigenvalue weighted by Gasteiger charge is 2.17. The molecular formula is C25H22ClN5O2S. The van der Waals surface area contributed by atoms with Gasteiger partial charge in [0.2, 0.25) is 0 Å². The van der Waals surface area contributed by atoms with Crippen LogP contribution < -0.4 is 5.43 Å². The van der Waals surface area contributed by atoms with Crippen LogP contribution in [0.15, 0.2) is 83.1 Å². The number of amides is 1. The van der Waals surface area contributed by atoms with E-state index >= 15 is 0 Å². The molecule has 3 aromatic carbocycles. The molecule has 0 atom stereocenters. The van der Waals surface area contributed by atoms with Crippen molar-refractivity contribution in [2.75, 3.05) is 5.75 Å². The topological polar surface area (TPSA) is 92.4 Å². The van der Waals surface area contributed by atoms with Crippen LogP contribution in [0.5, 0.6) is 5.75 Å². The number of hydrazone groups is 1. The first-order valence-corrected chi connectivity index (χ1v) is 11.8. The van der Waals surface area contributed by atoms with Crippen LogP contribution in [-0.2, 0) is 4.79 Å². The fraction of sp³-hybridized carbons (Fsp3) is 0.120. The van der Waals surface area contributed by atoms with E-state index in [9.17, 15) is 9.90 Å². The van der Waals surface area contributed by atoms with Crippen LogP contribution in [-0.4, -0.2) is 37.2 Å². The molecule has 2 N–H and O–H groups in total. The van der Waals surface area contributed by atoms with Crippen LogP contribution in [0.2, 0.25) is 5.02 Å². The monoisotopic (exact) mass is 491 g/mol. The molecule has 0 saturated carbocycles. The van der Waals surface area contributed by atoms with Crippen molar-refractivity contribution in [3.05, 3.63) is 88.9 Å². The van der Waals surface area contributed by atoms with E-state index in [0.717, 1.165) is 16.8 Å². The van der Waals surface area contributed by atoms with Gasteiger partial charge >= 0.3 is 0 Å². The minimum Gasteiger partial charge on any atom is -0.507 e. The lowest BCUT2D eigenvalue weighted by Crippen LogP contribution is -2.21. The molecule has 4 rings (SSSR count). The highest BCUT2D eigenvalue weighted by atomic mass is 35.5. The van der Waals surface area contributed by atoms with Gasteiger partial charge in [-0.05, 0) is 50.2 Å². The molecule has 0 aliphatic heterocycles. The first-order chi connectivity index (χ1) is 16.4. The molecule has 9 heteroatoms. The minimum absolute atomic E-state index is 0.0805. The van der Waals surface area contributed by atoms with Gasteiger partial charge < -0.3 is 5.11 Å². The molecule has 34 heavy (non-hydrogen) atoms. The van der Waals surface area contributed by atoms with Crippen LogP contribution in [0, 0.1) is 6.92 Å². The Hall–Kier alpha value is -3.62. The summed E-state index contributed by atoms with van der Waals surface area (Å²) in [6.45, 7) is 3.74. The zero-order valence-corrected chi connectivity index (χ0v) is 20.1. The molecule has 172 valence electrons. The van der Waals surface area contributed by atoms with Gasteiger partial charge in [-0.25, -0.2) is 5.43 Å². The van der Waals surface area contributed by atoms with E-state index in [1.807, 2.05) is 47.9 Å². The van der Waals surface area contributed by atoms with E-state index in [2.05, 4.69) is 20.7 Å². The zero-order chi connectivity index (χ0) is 24.1. The van der Waals surface area contributed by atoms with E-state index in [4.69, 9.17) is 11.6 Å². The Bertz CT molecular complexity index is 1330. The quantitative estimate of drug-likeness (QED) is 0.210. The van der Waals surface area contributed by atoms with E-state index in [0.29, 0.717) is 27.3 Å². The molecule has 1 amide bonds. The normalized spacial score (nSPS) is 11.4. The SMILES string of the molecule is C/C(=N/NC(=O)CSc1nnc(-c2ccc(C)cc2)n1-c1ccc(Cl)cc1)c1ccccc1O. The molecule has 1 aromatic heterocycles. The number of benzene rings is 3. The average molecular weight is 492 g/mol. The standard InChI is InChI=1S/C25H22ClN5O2S/c1-16-7-9-18(10-8-16)24-29-30-25(31(24)20-13-11-19(26)12-14-20)34-15-23(33)28-27-17(2)21-5-3-4-6-22(21)32/h3-14,32H,15H2,1-2H3,(H,28,33)/b27-17-. The number of hydrogen-bond donors (Lipinski definition) is 2. The molecule has 0 aliphatic carbocycles. The largest absolute Gasteiger partial charge is 0.507 e. The number of aromatic nitrogens is 3. The van der Waals surface area contributed by atoms with Gasteiger partial charge in [0.25, 0.3) is 5.91 Å². The highest BCUT2D eigenvalue weighted by molar-refractivity contribution is 7.99. The summed E-state index contributed by atoms with van der Waals surface area (Å²) in [4.78, 5) is 12.5. The van der Waals surface area contributed by atoms with Crippen molar-refractivity contribution >= 4 is 35.0 Å². The molecule has 1 heterocycles. The number of hydrogen-bond acceptors (Lipinski definition) is 6. The van der Waals surface area contributed by atoms with Gasteiger partial charge in [-0.3, -0.25) is 9.36 Å². The summed E-state index contributed by atoms with van der Waals surface area (Å²) >= 11 is 7.33. The number of phenols is 1. The number of nitrogens with one attached hydrogen (secondary N) is 1. The Morgan fingerprint density at radius 1 is 1.06 bits per heavy atom. The molecule has 0 radical (unpaired) electrons. The second kappa shape index (κ2) is 10.5. The van der Waals surface area contributed by atoms with Gasteiger partial charge in [-0.15, -0.1) is 10.2 Å². The Morgan fingerprint density at radius 3 is 2.47 bits per heavy atom. The number of carbonyl (C=O) groups is 1. The van der Waals surface area contributed by atoms with Gasteiger partial charge in [0.05, 0.1) is 11.5 Å². The second-order valence-electron chi connectivity index (χ2n) is 7.52. The molecule has 7 nitrogen and oxygen atoms in total.